The van der Waals surface area contributed by atoms with Gasteiger partial charge in [0.1, 0.15) is 5.75 Å². The van der Waals surface area contributed by atoms with Crippen LogP contribution in [0.1, 0.15) is 52.9 Å². The number of likely N-dealkylation sites (N-methyl/N-ethyl adjacent to an activating group) is 1. The van der Waals surface area contributed by atoms with Gasteiger partial charge in [0.25, 0.3) is 0 Å². The molecular weight excluding hydrogens is 902 g/mol. The number of carbonyl (C=O) groups is 3. The molecule has 1 aliphatic rings. The quantitative estimate of drug-likeness (QED) is 0.0422. The number of imidazole rings is 3. The van der Waals surface area contributed by atoms with Crippen molar-refractivity contribution in [1.29, 1.82) is 5.26 Å². The maximum Gasteiger partial charge on any atom is 0.420 e. The Hall–Kier alpha value is -6.90. The first-order valence-electron chi connectivity index (χ1n) is 23.3. The highest BCUT2D eigenvalue weighted by Gasteiger charge is 2.26. The smallest absolute Gasteiger partial charge is 0.420 e. The van der Waals surface area contributed by atoms with Gasteiger partial charge in [-0.2, -0.15) is 5.26 Å². The molecule has 0 N–H and O–H groups in total. The number of hydrogen-bond donors (Lipinski definition) is 0. The monoisotopic (exact) mass is 957 g/mol. The summed E-state index contributed by atoms with van der Waals surface area (Å²) in [5.41, 5.74) is 5.98. The van der Waals surface area contributed by atoms with E-state index in [4.69, 9.17) is 48.2 Å². The van der Waals surface area contributed by atoms with E-state index in [0.717, 1.165) is 57.5 Å². The van der Waals surface area contributed by atoms with Crippen molar-refractivity contribution >= 4 is 66.1 Å². The predicted molar refractivity (Wildman–Crippen MR) is 264 cm³/mol. The highest BCUT2D eigenvalue weighted by Crippen LogP contribution is 2.35. The second kappa shape index (κ2) is 22.9. The van der Waals surface area contributed by atoms with Crippen LogP contribution >= 0.6 is 9.03 Å². The van der Waals surface area contributed by atoms with Crippen molar-refractivity contribution in [2.75, 3.05) is 77.8 Å². The summed E-state index contributed by atoms with van der Waals surface area (Å²) >= 11 is 0. The van der Waals surface area contributed by atoms with Crippen LogP contribution in [0.15, 0.2) is 78.9 Å². The fourth-order valence-electron chi connectivity index (χ4n) is 8.21. The van der Waals surface area contributed by atoms with Gasteiger partial charge in [0.05, 0.1) is 85.2 Å². The van der Waals surface area contributed by atoms with Gasteiger partial charge in [-0.3, -0.25) is 0 Å². The minimum atomic E-state index is -0.626. The molecule has 360 valence electrons. The lowest BCUT2D eigenvalue weighted by molar-refractivity contribution is 0.154. The van der Waals surface area contributed by atoms with Crippen LogP contribution in [-0.2, 0) is 23.3 Å². The highest BCUT2D eigenvalue weighted by atomic mass is 31.1. The number of hydrogen-bond acceptors (Lipinski definition) is 15. The van der Waals surface area contributed by atoms with Crippen LogP contribution in [0.4, 0.5) is 20.1 Å². The first-order valence-corrected chi connectivity index (χ1v) is 24.2. The van der Waals surface area contributed by atoms with Gasteiger partial charge in [-0.05, 0) is 126 Å². The van der Waals surface area contributed by atoms with Crippen molar-refractivity contribution in [2.24, 2.45) is 0 Å². The number of anilines is 1. The average Bonchev–Trinajstić information content (AvgIpc) is 4.06. The number of nitriles is 1. The summed E-state index contributed by atoms with van der Waals surface area (Å²) in [6.45, 7) is 10.9. The van der Waals surface area contributed by atoms with Gasteiger partial charge >= 0.3 is 18.3 Å². The highest BCUT2D eigenvalue weighted by molar-refractivity contribution is 7.26. The summed E-state index contributed by atoms with van der Waals surface area (Å²) in [4.78, 5) is 60.4. The lowest BCUT2D eigenvalue weighted by Crippen LogP contribution is -2.44. The van der Waals surface area contributed by atoms with E-state index in [0.29, 0.717) is 99.3 Å². The molecule has 0 saturated carbocycles. The molecule has 0 bridgehead atoms. The van der Waals surface area contributed by atoms with Crippen LogP contribution in [0.25, 0.3) is 67.3 Å². The number of aromatic nitrogens is 6. The van der Waals surface area contributed by atoms with Gasteiger partial charge < -0.3 is 37.8 Å². The Morgan fingerprint density at radius 2 is 1.04 bits per heavy atom. The largest absolute Gasteiger partial charge is 0.494 e. The maximum absolute atomic E-state index is 13.8. The lowest BCUT2D eigenvalue weighted by Gasteiger charge is -2.34. The topological polar surface area (TPSA) is 190 Å². The Morgan fingerprint density at radius 3 is 1.57 bits per heavy atom. The molecule has 1 unspecified atom stereocenters. The lowest BCUT2D eigenvalue weighted by atomic mass is 10.2. The third-order valence-corrected chi connectivity index (χ3v) is 12.3. The molecule has 7 aromatic rings. The molecule has 1 aliphatic heterocycles. The van der Waals surface area contributed by atoms with Crippen LogP contribution in [0.5, 0.6) is 5.75 Å². The minimum absolute atomic E-state index is 0.0402. The van der Waals surface area contributed by atoms with Crippen molar-refractivity contribution in [2.45, 2.75) is 52.9 Å². The summed E-state index contributed by atoms with van der Waals surface area (Å²) in [7, 11) is 2.07. The van der Waals surface area contributed by atoms with E-state index < -0.39 is 18.3 Å². The van der Waals surface area contributed by atoms with E-state index >= 15 is 0 Å². The van der Waals surface area contributed by atoms with Crippen LogP contribution in [0.3, 0.4) is 0 Å². The zero-order valence-electron chi connectivity index (χ0n) is 39.3. The van der Waals surface area contributed by atoms with Crippen molar-refractivity contribution < 1.29 is 42.4 Å². The molecule has 4 heterocycles. The van der Waals surface area contributed by atoms with Crippen LogP contribution < -0.4 is 9.64 Å². The molecule has 69 heavy (non-hydrogen) atoms. The fraction of sp³-hybridized carbons (Fsp3) is 0.380. The fourth-order valence-corrected chi connectivity index (χ4v) is 8.71. The summed E-state index contributed by atoms with van der Waals surface area (Å²) in [6.07, 6.45) is 2.38. The van der Waals surface area contributed by atoms with Crippen molar-refractivity contribution in [3.63, 3.8) is 0 Å². The third kappa shape index (κ3) is 11.0. The minimum Gasteiger partial charge on any atom is -0.494 e. The van der Waals surface area contributed by atoms with Gasteiger partial charge in [-0.25, -0.2) is 43.0 Å². The Bertz CT molecular complexity index is 2970. The summed E-state index contributed by atoms with van der Waals surface area (Å²) in [5.74, 6) is 1.72. The molecular formula is C50H56N9O9P. The number of piperazine rings is 1. The van der Waals surface area contributed by atoms with Gasteiger partial charge in [0, 0.05) is 48.6 Å². The molecule has 8 rings (SSSR count). The van der Waals surface area contributed by atoms with Crippen molar-refractivity contribution in [3.05, 3.63) is 78.9 Å². The van der Waals surface area contributed by atoms with Crippen LogP contribution in [-0.4, -0.2) is 125 Å². The number of ether oxygens (including phenoxy) is 4. The average molecular weight is 958 g/mol. The van der Waals surface area contributed by atoms with E-state index in [1.54, 1.807) is 57.2 Å². The number of benzene rings is 4. The van der Waals surface area contributed by atoms with E-state index in [9.17, 15) is 14.4 Å². The molecule has 1 fully saturated rings. The van der Waals surface area contributed by atoms with Crippen LogP contribution in [0.2, 0.25) is 0 Å². The number of rotatable bonds is 19. The Labute approximate surface area is 401 Å². The van der Waals surface area contributed by atoms with Crippen molar-refractivity contribution in [3.8, 4) is 46.0 Å². The van der Waals surface area contributed by atoms with Crippen molar-refractivity contribution in [1.82, 2.24) is 33.6 Å². The summed E-state index contributed by atoms with van der Waals surface area (Å²) in [6, 6.07) is 26.0. The van der Waals surface area contributed by atoms with E-state index in [1.165, 1.54) is 13.7 Å². The van der Waals surface area contributed by atoms with E-state index in [2.05, 4.69) is 16.8 Å². The zero-order valence-corrected chi connectivity index (χ0v) is 40.3. The zero-order chi connectivity index (χ0) is 48.3. The molecule has 0 spiro atoms. The number of unbranched alkanes of at least 4 members (excludes halogenated alkanes) is 3. The van der Waals surface area contributed by atoms with Crippen LogP contribution in [0, 0.1) is 11.3 Å². The Balaban J connectivity index is 1.07. The van der Waals surface area contributed by atoms with Gasteiger partial charge in [-0.15, -0.1) is 0 Å². The van der Waals surface area contributed by atoms with Gasteiger partial charge in [-0.1, -0.05) is 6.42 Å². The predicted octanol–water partition coefficient (Wildman–Crippen LogP) is 9.90. The summed E-state index contributed by atoms with van der Waals surface area (Å²) in [5, 5.41) is 8.56. The molecule has 1 atom stereocenters. The SMILES string of the molecule is CCOC(=O)n1c(-c2ccc(OCCCCCCOPOCCC#N)cc2)nc2cc(-c3nc4cc(-c5nc6cc(N7CCN(C)CC7)ccc6n5C(=O)OCC)ccc4n3C(=O)OCC)ccc21. The van der Waals surface area contributed by atoms with E-state index in [1.807, 2.05) is 48.5 Å². The number of carbonyl (C=O) groups excluding carboxylic acids is 3. The molecule has 19 heteroatoms. The Morgan fingerprint density at radius 1 is 0.580 bits per heavy atom. The standard InChI is InChI=1S/C50H56N9O9P/c1-5-63-48(60)57-42-20-15-35(31-39(42)52-45(57)34-13-18-38(19-14-34)66-28-10-8-9-11-29-67-69-68-30-12-23-51)46-53-40-32-36(16-21-43(40)58(46)49(61)64-6-2)47-54-41-33-37(56-26-24-55(4)25-27-56)17-22-44(41)59(47)50(62)65-7-3/h13-22,31-33,69H,5-12,24-30H2,1-4H3. The normalized spacial score (nSPS) is 13.2. The molecule has 0 radical (unpaired) electrons. The molecule has 0 amide bonds. The first kappa shape index (κ1) is 48.6. The molecule has 4 aromatic carbocycles. The second-order valence-corrected chi connectivity index (χ2v) is 17.0. The van der Waals surface area contributed by atoms with Gasteiger partial charge in [0.15, 0.2) is 26.5 Å². The Kier molecular flexibility index (Phi) is 16.1. The number of fused-ring (bicyclic) bond motifs is 3. The molecule has 0 aliphatic carbocycles. The second-order valence-electron chi connectivity index (χ2n) is 16.3. The molecule has 18 nitrogen and oxygen atoms in total. The van der Waals surface area contributed by atoms with E-state index in [-0.39, 0.29) is 28.9 Å². The molecule has 3 aromatic heterocycles. The molecule has 1 saturated heterocycles. The summed E-state index contributed by atoms with van der Waals surface area (Å²) < 4.78 is 37.6. The maximum atomic E-state index is 13.8. The first-order chi connectivity index (χ1) is 33.7. The third-order valence-electron chi connectivity index (χ3n) is 11.6. The van der Waals surface area contributed by atoms with Gasteiger partial charge in [0.2, 0.25) is 0 Å². The number of nitrogens with zero attached hydrogens (tertiary/aromatic N) is 9.